The summed E-state index contributed by atoms with van der Waals surface area (Å²) in [5.41, 5.74) is 1.21. The maximum Gasteiger partial charge on any atom is 0.0704 e. The summed E-state index contributed by atoms with van der Waals surface area (Å²) < 4.78 is 0. The van der Waals surface area contributed by atoms with Gasteiger partial charge in [0.2, 0.25) is 0 Å². The van der Waals surface area contributed by atoms with Gasteiger partial charge in [-0.05, 0) is 43.6 Å². The van der Waals surface area contributed by atoms with Crippen LogP contribution in [0.1, 0.15) is 38.2 Å². The third-order valence-electron chi connectivity index (χ3n) is 3.97. The second-order valence-electron chi connectivity index (χ2n) is 5.71. The Kier molecular flexibility index (Phi) is 5.21. The van der Waals surface area contributed by atoms with Gasteiger partial charge in [0.25, 0.3) is 0 Å². The van der Waals surface area contributed by atoms with Gasteiger partial charge < -0.3 is 10.4 Å². The van der Waals surface area contributed by atoms with E-state index in [-0.39, 0.29) is 6.10 Å². The Balaban J connectivity index is 1.67. The number of rotatable bonds is 5. The Morgan fingerprint density at radius 2 is 1.83 bits per heavy atom. The number of hydrogen-bond acceptors (Lipinski definition) is 2. The minimum Gasteiger partial charge on any atom is -0.391 e. The molecule has 1 atom stereocenters. The number of nitrogens with one attached hydrogen (secondary N) is 1. The molecule has 0 amide bonds. The highest BCUT2D eigenvalue weighted by molar-refractivity contribution is 5.15. The molecule has 100 valence electrons. The number of hydrogen-bond donors (Lipinski definition) is 2. The molecule has 0 spiro atoms. The van der Waals surface area contributed by atoms with Gasteiger partial charge in [0.05, 0.1) is 6.10 Å². The summed E-state index contributed by atoms with van der Waals surface area (Å²) >= 11 is 0. The van der Waals surface area contributed by atoms with E-state index in [1.54, 1.807) is 0 Å². The van der Waals surface area contributed by atoms with Crippen LogP contribution in [0.25, 0.3) is 0 Å². The number of benzene rings is 1. The fourth-order valence-corrected chi connectivity index (χ4v) is 2.73. The molecule has 1 aliphatic carbocycles. The first-order valence-corrected chi connectivity index (χ1v) is 7.19. The lowest BCUT2D eigenvalue weighted by Gasteiger charge is -2.27. The van der Waals surface area contributed by atoms with Crippen molar-refractivity contribution in [2.45, 2.75) is 51.2 Å². The average Bonchev–Trinajstić information content (AvgIpc) is 2.39. The lowest BCUT2D eigenvalue weighted by molar-refractivity contribution is 0.161. The van der Waals surface area contributed by atoms with Gasteiger partial charge in [0.15, 0.2) is 0 Å². The molecule has 1 unspecified atom stereocenters. The van der Waals surface area contributed by atoms with Crippen LogP contribution in [0.2, 0.25) is 0 Å². The SMILES string of the molecule is CC1CCC(NCC(O)Cc2ccccc2)CC1. The molecular weight excluding hydrogens is 222 g/mol. The highest BCUT2D eigenvalue weighted by Crippen LogP contribution is 2.23. The zero-order chi connectivity index (χ0) is 12.8. The maximum atomic E-state index is 10.0. The monoisotopic (exact) mass is 247 g/mol. The van der Waals surface area contributed by atoms with Gasteiger partial charge in [0.1, 0.15) is 0 Å². The van der Waals surface area contributed by atoms with E-state index < -0.39 is 0 Å². The first kappa shape index (κ1) is 13.6. The summed E-state index contributed by atoms with van der Waals surface area (Å²) in [6.07, 6.45) is 5.65. The summed E-state index contributed by atoms with van der Waals surface area (Å²) in [5.74, 6) is 0.886. The Labute approximate surface area is 110 Å². The molecule has 1 saturated carbocycles. The Hall–Kier alpha value is -0.860. The molecule has 1 aromatic rings. The molecule has 2 heteroatoms. The van der Waals surface area contributed by atoms with Crippen molar-refractivity contribution in [2.24, 2.45) is 5.92 Å². The molecule has 18 heavy (non-hydrogen) atoms. The highest BCUT2D eigenvalue weighted by atomic mass is 16.3. The Bertz CT molecular complexity index is 330. The largest absolute Gasteiger partial charge is 0.391 e. The van der Waals surface area contributed by atoms with Crippen molar-refractivity contribution in [1.82, 2.24) is 5.32 Å². The van der Waals surface area contributed by atoms with Crippen LogP contribution in [0.3, 0.4) is 0 Å². The van der Waals surface area contributed by atoms with E-state index in [0.29, 0.717) is 12.6 Å². The highest BCUT2D eigenvalue weighted by Gasteiger charge is 2.18. The molecule has 0 heterocycles. The molecule has 1 aliphatic rings. The molecule has 0 radical (unpaired) electrons. The maximum absolute atomic E-state index is 10.0. The molecule has 2 rings (SSSR count). The van der Waals surface area contributed by atoms with Gasteiger partial charge in [0, 0.05) is 12.6 Å². The summed E-state index contributed by atoms with van der Waals surface area (Å²) in [4.78, 5) is 0. The molecule has 1 fully saturated rings. The molecule has 0 aliphatic heterocycles. The van der Waals surface area contributed by atoms with Crippen LogP contribution in [0, 0.1) is 5.92 Å². The van der Waals surface area contributed by atoms with Gasteiger partial charge in [-0.15, -0.1) is 0 Å². The van der Waals surface area contributed by atoms with E-state index in [2.05, 4.69) is 24.4 Å². The predicted octanol–water partition coefficient (Wildman–Crippen LogP) is 2.76. The smallest absolute Gasteiger partial charge is 0.0704 e. The van der Waals surface area contributed by atoms with Crippen LogP contribution in [0.15, 0.2) is 30.3 Å². The lowest BCUT2D eigenvalue weighted by Crippen LogP contribution is -2.38. The van der Waals surface area contributed by atoms with Gasteiger partial charge in [-0.1, -0.05) is 37.3 Å². The van der Waals surface area contributed by atoms with E-state index in [1.165, 1.54) is 31.2 Å². The first-order chi connectivity index (χ1) is 8.74. The van der Waals surface area contributed by atoms with Crippen LogP contribution < -0.4 is 5.32 Å². The zero-order valence-corrected chi connectivity index (χ0v) is 11.3. The van der Waals surface area contributed by atoms with Crippen molar-refractivity contribution in [3.8, 4) is 0 Å². The predicted molar refractivity (Wildman–Crippen MR) is 75.6 cm³/mol. The van der Waals surface area contributed by atoms with Crippen LogP contribution in [0.4, 0.5) is 0 Å². The zero-order valence-electron chi connectivity index (χ0n) is 11.3. The average molecular weight is 247 g/mol. The van der Waals surface area contributed by atoms with Crippen molar-refractivity contribution < 1.29 is 5.11 Å². The number of aliphatic hydroxyl groups excluding tert-OH is 1. The second kappa shape index (κ2) is 6.91. The molecule has 1 aromatic carbocycles. The summed E-state index contributed by atoms with van der Waals surface area (Å²) in [6.45, 7) is 3.05. The third-order valence-corrected chi connectivity index (χ3v) is 3.97. The molecular formula is C16H25NO. The third kappa shape index (κ3) is 4.43. The van der Waals surface area contributed by atoms with Crippen molar-refractivity contribution in [3.63, 3.8) is 0 Å². The molecule has 2 N–H and O–H groups in total. The fourth-order valence-electron chi connectivity index (χ4n) is 2.73. The van der Waals surface area contributed by atoms with Crippen molar-refractivity contribution in [2.75, 3.05) is 6.54 Å². The van der Waals surface area contributed by atoms with Crippen molar-refractivity contribution in [3.05, 3.63) is 35.9 Å². The topological polar surface area (TPSA) is 32.3 Å². The Morgan fingerprint density at radius 1 is 1.17 bits per heavy atom. The van der Waals surface area contributed by atoms with Crippen LogP contribution in [-0.2, 0) is 6.42 Å². The van der Waals surface area contributed by atoms with E-state index >= 15 is 0 Å². The van der Waals surface area contributed by atoms with Crippen LogP contribution in [-0.4, -0.2) is 23.8 Å². The van der Waals surface area contributed by atoms with Gasteiger partial charge in [-0.2, -0.15) is 0 Å². The first-order valence-electron chi connectivity index (χ1n) is 7.19. The normalized spacial score (nSPS) is 25.9. The van der Waals surface area contributed by atoms with E-state index in [9.17, 15) is 5.11 Å². The summed E-state index contributed by atoms with van der Waals surface area (Å²) in [5, 5.41) is 13.5. The minimum absolute atomic E-state index is 0.272. The van der Waals surface area contributed by atoms with Crippen LogP contribution >= 0.6 is 0 Å². The quantitative estimate of drug-likeness (QED) is 0.838. The standard InChI is InChI=1S/C16H25NO/c1-13-7-9-15(10-8-13)17-12-16(18)11-14-5-3-2-4-6-14/h2-6,13,15-18H,7-12H2,1H3. The Morgan fingerprint density at radius 3 is 2.50 bits per heavy atom. The van der Waals surface area contributed by atoms with Crippen LogP contribution in [0.5, 0.6) is 0 Å². The molecule has 0 aromatic heterocycles. The van der Waals surface area contributed by atoms with Gasteiger partial charge >= 0.3 is 0 Å². The van der Waals surface area contributed by atoms with E-state index in [4.69, 9.17) is 0 Å². The van der Waals surface area contributed by atoms with E-state index in [1.807, 2.05) is 18.2 Å². The minimum atomic E-state index is -0.272. The molecule has 0 saturated heterocycles. The van der Waals surface area contributed by atoms with Gasteiger partial charge in [-0.3, -0.25) is 0 Å². The molecule has 2 nitrogen and oxygen atoms in total. The lowest BCUT2D eigenvalue weighted by atomic mass is 9.87. The van der Waals surface area contributed by atoms with E-state index in [0.717, 1.165) is 12.3 Å². The fraction of sp³-hybridized carbons (Fsp3) is 0.625. The number of aliphatic hydroxyl groups is 1. The summed E-state index contributed by atoms with van der Waals surface area (Å²) in [7, 11) is 0. The van der Waals surface area contributed by atoms with Crippen molar-refractivity contribution in [1.29, 1.82) is 0 Å². The molecule has 0 bridgehead atoms. The van der Waals surface area contributed by atoms with Gasteiger partial charge in [-0.25, -0.2) is 0 Å². The second-order valence-corrected chi connectivity index (χ2v) is 5.71. The summed E-state index contributed by atoms with van der Waals surface area (Å²) in [6, 6.07) is 10.8. The van der Waals surface area contributed by atoms with Crippen molar-refractivity contribution >= 4 is 0 Å².